The minimum absolute atomic E-state index is 0.0659. The summed E-state index contributed by atoms with van der Waals surface area (Å²) >= 11 is 0. The Bertz CT molecular complexity index is 196. The molecule has 80 valence electrons. The van der Waals surface area contributed by atoms with E-state index in [-0.39, 0.29) is 12.0 Å². The van der Waals surface area contributed by atoms with E-state index in [2.05, 4.69) is 10.6 Å². The summed E-state index contributed by atoms with van der Waals surface area (Å²) in [7, 11) is 0. The van der Waals surface area contributed by atoms with Gasteiger partial charge in [0, 0.05) is 19.2 Å². The molecule has 0 aliphatic carbocycles. The van der Waals surface area contributed by atoms with Crippen LogP contribution in [0.4, 0.5) is 0 Å². The number of carbonyl (C=O) groups excluding carboxylic acids is 1. The summed E-state index contributed by atoms with van der Waals surface area (Å²) < 4.78 is 5.30. The highest BCUT2D eigenvalue weighted by Gasteiger charge is 2.24. The number of hydrogen-bond acceptors (Lipinski definition) is 3. The maximum Gasteiger partial charge on any atom is 0.249 e. The van der Waals surface area contributed by atoms with Crippen molar-refractivity contribution < 1.29 is 9.53 Å². The van der Waals surface area contributed by atoms with Crippen molar-refractivity contribution in [2.24, 2.45) is 0 Å². The third-order valence-corrected chi connectivity index (χ3v) is 2.91. The summed E-state index contributed by atoms with van der Waals surface area (Å²) in [6, 6.07) is 0.473. The summed E-state index contributed by atoms with van der Waals surface area (Å²) in [5.74, 6) is 0.0659. The van der Waals surface area contributed by atoms with Crippen LogP contribution in [0.3, 0.4) is 0 Å². The molecule has 2 heterocycles. The second-order valence-corrected chi connectivity index (χ2v) is 4.04. The van der Waals surface area contributed by atoms with Crippen LogP contribution in [0.2, 0.25) is 0 Å². The molecule has 4 nitrogen and oxygen atoms in total. The van der Waals surface area contributed by atoms with Crippen LogP contribution >= 0.6 is 0 Å². The second kappa shape index (κ2) is 4.75. The van der Waals surface area contributed by atoms with Crippen molar-refractivity contribution in [1.29, 1.82) is 0 Å². The zero-order valence-electron chi connectivity index (χ0n) is 8.42. The van der Waals surface area contributed by atoms with Crippen LogP contribution in [0.25, 0.3) is 0 Å². The van der Waals surface area contributed by atoms with Gasteiger partial charge in [-0.3, -0.25) is 4.79 Å². The molecule has 0 bridgehead atoms. The third kappa shape index (κ3) is 2.45. The molecule has 2 N–H and O–H groups in total. The molecule has 0 aromatic heterocycles. The number of ether oxygens (including phenoxy) is 1. The summed E-state index contributed by atoms with van der Waals surface area (Å²) in [6.45, 7) is 2.57. The maximum absolute atomic E-state index is 11.5. The number of carbonyl (C=O) groups is 1. The minimum Gasteiger partial charge on any atom is -0.368 e. The van der Waals surface area contributed by atoms with E-state index >= 15 is 0 Å². The number of nitrogens with one attached hydrogen (secondary N) is 2. The molecule has 0 spiro atoms. The lowest BCUT2D eigenvalue weighted by molar-refractivity contribution is -0.130. The zero-order chi connectivity index (χ0) is 9.80. The molecule has 0 aromatic rings. The van der Waals surface area contributed by atoms with Gasteiger partial charge in [0.15, 0.2) is 0 Å². The van der Waals surface area contributed by atoms with E-state index in [0.717, 1.165) is 32.5 Å². The van der Waals surface area contributed by atoms with Crippen LogP contribution in [0, 0.1) is 0 Å². The first-order valence-corrected chi connectivity index (χ1v) is 5.49. The van der Waals surface area contributed by atoms with E-state index in [9.17, 15) is 4.79 Å². The van der Waals surface area contributed by atoms with Gasteiger partial charge >= 0.3 is 0 Å². The molecule has 14 heavy (non-hydrogen) atoms. The molecule has 2 aliphatic heterocycles. The Morgan fingerprint density at radius 2 is 2.36 bits per heavy atom. The average Bonchev–Trinajstić information content (AvgIpc) is 2.87. The maximum atomic E-state index is 11.5. The molecule has 0 saturated carbocycles. The molecule has 1 unspecified atom stereocenters. The van der Waals surface area contributed by atoms with E-state index < -0.39 is 0 Å². The van der Waals surface area contributed by atoms with Gasteiger partial charge in [-0.15, -0.1) is 0 Å². The molecule has 2 rings (SSSR count). The normalized spacial score (nSPS) is 32.0. The lowest BCUT2D eigenvalue weighted by Crippen LogP contribution is -2.41. The van der Waals surface area contributed by atoms with Crippen LogP contribution in [-0.4, -0.2) is 37.7 Å². The van der Waals surface area contributed by atoms with E-state index in [1.807, 2.05) is 0 Å². The largest absolute Gasteiger partial charge is 0.368 e. The predicted octanol–water partition coefficient (Wildman–Crippen LogP) is 0.0336. The van der Waals surface area contributed by atoms with Crippen molar-refractivity contribution in [3.63, 3.8) is 0 Å². The predicted molar refractivity (Wildman–Crippen MR) is 53.0 cm³/mol. The summed E-state index contributed by atoms with van der Waals surface area (Å²) in [4.78, 5) is 11.5. The van der Waals surface area contributed by atoms with E-state index in [1.54, 1.807) is 0 Å². The number of rotatable bonds is 3. The Hall–Kier alpha value is -0.610. The van der Waals surface area contributed by atoms with E-state index in [1.165, 1.54) is 12.8 Å². The number of amides is 1. The quantitative estimate of drug-likeness (QED) is 0.673. The molecule has 2 fully saturated rings. The monoisotopic (exact) mass is 198 g/mol. The van der Waals surface area contributed by atoms with Crippen LogP contribution in [-0.2, 0) is 9.53 Å². The highest BCUT2D eigenvalue weighted by molar-refractivity contribution is 5.80. The molecule has 2 aliphatic rings. The van der Waals surface area contributed by atoms with Gasteiger partial charge in [-0.25, -0.2) is 0 Å². The van der Waals surface area contributed by atoms with Crippen molar-refractivity contribution in [2.45, 2.75) is 37.8 Å². The van der Waals surface area contributed by atoms with Gasteiger partial charge in [-0.1, -0.05) is 0 Å². The van der Waals surface area contributed by atoms with E-state index in [0.29, 0.717) is 6.04 Å². The Morgan fingerprint density at radius 1 is 1.43 bits per heavy atom. The first-order valence-electron chi connectivity index (χ1n) is 5.49. The SMILES string of the molecule is O=C(NCC1CCCN1)[C@H]1CCCO1. The summed E-state index contributed by atoms with van der Waals surface area (Å²) in [5.41, 5.74) is 0. The Labute approximate surface area is 84.4 Å². The summed E-state index contributed by atoms with van der Waals surface area (Å²) in [6.07, 6.45) is 4.10. The molecule has 2 saturated heterocycles. The Kier molecular flexibility index (Phi) is 3.37. The van der Waals surface area contributed by atoms with Gasteiger partial charge < -0.3 is 15.4 Å². The highest BCUT2D eigenvalue weighted by atomic mass is 16.5. The van der Waals surface area contributed by atoms with Crippen molar-refractivity contribution in [1.82, 2.24) is 10.6 Å². The van der Waals surface area contributed by atoms with Crippen molar-refractivity contribution in [2.75, 3.05) is 19.7 Å². The standard InChI is InChI=1S/C10H18N2O2/c13-10(9-4-2-6-14-9)12-7-8-3-1-5-11-8/h8-9,11H,1-7H2,(H,12,13)/t8?,9-/m1/s1. The first kappa shape index (κ1) is 9.93. The molecule has 2 atom stereocenters. The van der Waals surface area contributed by atoms with Crippen LogP contribution in [0.5, 0.6) is 0 Å². The molecular formula is C10H18N2O2. The molecular weight excluding hydrogens is 180 g/mol. The molecule has 4 heteroatoms. The van der Waals surface area contributed by atoms with Crippen LogP contribution < -0.4 is 10.6 Å². The zero-order valence-corrected chi connectivity index (χ0v) is 8.42. The minimum atomic E-state index is -0.184. The van der Waals surface area contributed by atoms with Crippen molar-refractivity contribution in [3.05, 3.63) is 0 Å². The topological polar surface area (TPSA) is 50.4 Å². The molecule has 0 radical (unpaired) electrons. The fourth-order valence-electron chi connectivity index (χ4n) is 2.05. The van der Waals surface area contributed by atoms with Gasteiger partial charge in [0.2, 0.25) is 5.91 Å². The fraction of sp³-hybridized carbons (Fsp3) is 0.900. The van der Waals surface area contributed by atoms with Crippen molar-refractivity contribution >= 4 is 5.91 Å². The Balaban J connectivity index is 1.66. The second-order valence-electron chi connectivity index (χ2n) is 4.04. The highest BCUT2D eigenvalue weighted by Crippen LogP contribution is 2.12. The van der Waals surface area contributed by atoms with Gasteiger partial charge in [0.1, 0.15) is 6.10 Å². The lowest BCUT2D eigenvalue weighted by Gasteiger charge is -2.14. The smallest absolute Gasteiger partial charge is 0.249 e. The molecule has 1 amide bonds. The van der Waals surface area contributed by atoms with Crippen molar-refractivity contribution in [3.8, 4) is 0 Å². The third-order valence-electron chi connectivity index (χ3n) is 2.91. The first-order chi connectivity index (χ1) is 6.86. The molecule has 0 aromatic carbocycles. The van der Waals surface area contributed by atoms with Crippen LogP contribution in [0.1, 0.15) is 25.7 Å². The van der Waals surface area contributed by atoms with Gasteiger partial charge in [0.05, 0.1) is 0 Å². The average molecular weight is 198 g/mol. The fourth-order valence-corrected chi connectivity index (χ4v) is 2.05. The lowest BCUT2D eigenvalue weighted by atomic mass is 10.2. The van der Waals surface area contributed by atoms with Gasteiger partial charge in [-0.05, 0) is 32.2 Å². The van der Waals surface area contributed by atoms with Crippen LogP contribution in [0.15, 0.2) is 0 Å². The van der Waals surface area contributed by atoms with Gasteiger partial charge in [-0.2, -0.15) is 0 Å². The van der Waals surface area contributed by atoms with E-state index in [4.69, 9.17) is 4.74 Å². The van der Waals surface area contributed by atoms with Gasteiger partial charge in [0.25, 0.3) is 0 Å². The summed E-state index contributed by atoms with van der Waals surface area (Å²) in [5, 5.41) is 6.29. The Morgan fingerprint density at radius 3 is 3.00 bits per heavy atom. The number of hydrogen-bond donors (Lipinski definition) is 2.